The topological polar surface area (TPSA) is 68.0 Å². The summed E-state index contributed by atoms with van der Waals surface area (Å²) in [6.07, 6.45) is 0. The molecule has 1 unspecified atom stereocenters. The molecule has 20 heavy (non-hydrogen) atoms. The number of amides is 1. The molecule has 0 aliphatic rings. The molecule has 2 rings (SSSR count). The molecule has 1 aromatic heterocycles. The molecule has 0 aliphatic heterocycles. The Bertz CT molecular complexity index is 615. The van der Waals surface area contributed by atoms with E-state index in [2.05, 4.69) is 17.2 Å². The average Bonchev–Trinajstić information content (AvgIpc) is 2.45. The van der Waals surface area contributed by atoms with Crippen molar-refractivity contribution in [3.8, 4) is 0 Å². The average molecular weight is 289 g/mol. The molecule has 1 amide bonds. The van der Waals surface area contributed by atoms with Crippen LogP contribution in [0.3, 0.4) is 0 Å². The number of hydrogen-bond acceptors (Lipinski definition) is 4. The number of carbonyl (C=O) groups excluding carboxylic acids is 1. The van der Waals surface area contributed by atoms with Crippen LogP contribution in [0.25, 0.3) is 10.8 Å². The number of aromatic nitrogens is 1. The number of fused-ring (bicyclic) bond motifs is 1. The molecular formula is C15H19N3OS. The zero-order valence-electron chi connectivity index (χ0n) is 11.7. The predicted molar refractivity (Wildman–Crippen MR) is 86.1 cm³/mol. The molecule has 0 spiro atoms. The molecule has 0 bridgehead atoms. The molecule has 0 saturated carbocycles. The minimum atomic E-state index is -0.174. The van der Waals surface area contributed by atoms with Gasteiger partial charge in [0.1, 0.15) is 11.5 Å². The Kier molecular flexibility index (Phi) is 4.84. The number of nitrogen functional groups attached to an aromatic ring is 1. The SMILES string of the molecule is CCSCC(C)NC(=O)c1cc2ccccc2c(N)n1. The van der Waals surface area contributed by atoms with Crippen molar-refractivity contribution < 1.29 is 4.79 Å². The fraction of sp³-hybridized carbons (Fsp3) is 0.333. The van der Waals surface area contributed by atoms with Crippen molar-refractivity contribution >= 4 is 34.3 Å². The maximum atomic E-state index is 12.2. The van der Waals surface area contributed by atoms with Gasteiger partial charge in [-0.3, -0.25) is 4.79 Å². The van der Waals surface area contributed by atoms with Gasteiger partial charge in [0.05, 0.1) is 0 Å². The Balaban J connectivity index is 2.18. The lowest BCUT2D eigenvalue weighted by molar-refractivity contribution is 0.0939. The van der Waals surface area contributed by atoms with E-state index in [1.807, 2.05) is 31.2 Å². The van der Waals surface area contributed by atoms with E-state index in [1.165, 1.54) is 0 Å². The monoisotopic (exact) mass is 289 g/mol. The Labute approximate surface area is 123 Å². The van der Waals surface area contributed by atoms with Crippen LogP contribution >= 0.6 is 11.8 Å². The molecule has 4 nitrogen and oxygen atoms in total. The molecule has 5 heteroatoms. The van der Waals surface area contributed by atoms with Crippen LogP contribution in [-0.2, 0) is 0 Å². The number of thioether (sulfide) groups is 1. The summed E-state index contributed by atoms with van der Waals surface area (Å²) in [6, 6.07) is 9.55. The zero-order chi connectivity index (χ0) is 14.5. The van der Waals surface area contributed by atoms with Crippen molar-refractivity contribution in [3.63, 3.8) is 0 Å². The number of nitrogens with zero attached hydrogens (tertiary/aromatic N) is 1. The van der Waals surface area contributed by atoms with E-state index < -0.39 is 0 Å². The summed E-state index contributed by atoms with van der Waals surface area (Å²) in [5.41, 5.74) is 6.28. The highest BCUT2D eigenvalue weighted by Crippen LogP contribution is 2.20. The van der Waals surface area contributed by atoms with E-state index in [-0.39, 0.29) is 11.9 Å². The third-order valence-electron chi connectivity index (χ3n) is 2.95. The molecule has 0 aliphatic carbocycles. The van der Waals surface area contributed by atoms with Gasteiger partial charge < -0.3 is 11.1 Å². The number of pyridine rings is 1. The van der Waals surface area contributed by atoms with Gasteiger partial charge in [-0.1, -0.05) is 31.2 Å². The van der Waals surface area contributed by atoms with Gasteiger partial charge in [0.25, 0.3) is 5.91 Å². The summed E-state index contributed by atoms with van der Waals surface area (Å²) in [7, 11) is 0. The summed E-state index contributed by atoms with van der Waals surface area (Å²) in [5, 5.41) is 4.75. The molecule has 106 valence electrons. The largest absolute Gasteiger partial charge is 0.383 e. The van der Waals surface area contributed by atoms with E-state index in [4.69, 9.17) is 5.73 Å². The van der Waals surface area contributed by atoms with Gasteiger partial charge in [-0.2, -0.15) is 11.8 Å². The number of anilines is 1. The molecule has 1 aromatic carbocycles. The number of benzene rings is 1. The summed E-state index contributed by atoms with van der Waals surface area (Å²) in [6.45, 7) is 4.09. The predicted octanol–water partition coefficient (Wildman–Crippen LogP) is 2.69. The highest BCUT2D eigenvalue weighted by molar-refractivity contribution is 7.99. The third-order valence-corrected chi connectivity index (χ3v) is 4.10. The fourth-order valence-electron chi connectivity index (χ4n) is 1.98. The highest BCUT2D eigenvalue weighted by Gasteiger charge is 2.13. The second kappa shape index (κ2) is 6.61. The van der Waals surface area contributed by atoms with Gasteiger partial charge in [0.2, 0.25) is 0 Å². The van der Waals surface area contributed by atoms with Crippen LogP contribution in [0, 0.1) is 0 Å². The first-order valence-electron chi connectivity index (χ1n) is 6.65. The van der Waals surface area contributed by atoms with Crippen molar-refractivity contribution in [1.82, 2.24) is 10.3 Å². The number of rotatable bonds is 5. The van der Waals surface area contributed by atoms with Crippen LogP contribution in [0.5, 0.6) is 0 Å². The maximum Gasteiger partial charge on any atom is 0.270 e. The molecular weight excluding hydrogens is 270 g/mol. The normalized spacial score (nSPS) is 12.3. The highest BCUT2D eigenvalue weighted by atomic mass is 32.2. The minimum absolute atomic E-state index is 0.113. The molecule has 0 fully saturated rings. The number of carbonyl (C=O) groups is 1. The van der Waals surface area contributed by atoms with Gasteiger partial charge in [0.15, 0.2) is 0 Å². The van der Waals surface area contributed by atoms with Crippen LogP contribution in [0.4, 0.5) is 5.82 Å². The van der Waals surface area contributed by atoms with E-state index in [0.29, 0.717) is 11.5 Å². The van der Waals surface area contributed by atoms with Crippen molar-refractivity contribution in [3.05, 3.63) is 36.0 Å². The second-order valence-electron chi connectivity index (χ2n) is 4.65. The summed E-state index contributed by atoms with van der Waals surface area (Å²) in [5.74, 6) is 2.16. The molecule has 0 saturated heterocycles. The molecule has 1 atom stereocenters. The summed E-state index contributed by atoms with van der Waals surface area (Å²) in [4.78, 5) is 16.4. The lowest BCUT2D eigenvalue weighted by Gasteiger charge is -2.13. The van der Waals surface area contributed by atoms with Gasteiger partial charge >= 0.3 is 0 Å². The number of hydrogen-bond donors (Lipinski definition) is 2. The van der Waals surface area contributed by atoms with Gasteiger partial charge in [-0.25, -0.2) is 4.98 Å². The van der Waals surface area contributed by atoms with Crippen LogP contribution in [0.2, 0.25) is 0 Å². The van der Waals surface area contributed by atoms with Crippen LogP contribution in [0.1, 0.15) is 24.3 Å². The lowest BCUT2D eigenvalue weighted by atomic mass is 10.1. The van der Waals surface area contributed by atoms with Crippen molar-refractivity contribution in [1.29, 1.82) is 0 Å². The second-order valence-corrected chi connectivity index (χ2v) is 5.97. The maximum absolute atomic E-state index is 12.2. The van der Waals surface area contributed by atoms with Gasteiger partial charge in [-0.15, -0.1) is 0 Å². The quantitative estimate of drug-likeness (QED) is 0.888. The fourth-order valence-corrected chi connectivity index (χ4v) is 2.65. The Morgan fingerprint density at radius 3 is 2.95 bits per heavy atom. The Morgan fingerprint density at radius 1 is 1.45 bits per heavy atom. The summed E-state index contributed by atoms with van der Waals surface area (Å²) >= 11 is 1.80. The minimum Gasteiger partial charge on any atom is -0.383 e. The van der Waals surface area contributed by atoms with Crippen molar-refractivity contribution in [2.75, 3.05) is 17.2 Å². The van der Waals surface area contributed by atoms with E-state index in [0.717, 1.165) is 22.3 Å². The molecule has 0 radical (unpaired) electrons. The smallest absolute Gasteiger partial charge is 0.270 e. The lowest BCUT2D eigenvalue weighted by Crippen LogP contribution is -2.34. The third kappa shape index (κ3) is 3.42. The molecule has 2 aromatic rings. The van der Waals surface area contributed by atoms with Crippen molar-refractivity contribution in [2.45, 2.75) is 19.9 Å². The van der Waals surface area contributed by atoms with Gasteiger partial charge in [0, 0.05) is 17.2 Å². The van der Waals surface area contributed by atoms with E-state index >= 15 is 0 Å². The first-order chi connectivity index (χ1) is 9.61. The Morgan fingerprint density at radius 2 is 2.20 bits per heavy atom. The van der Waals surface area contributed by atoms with E-state index in [9.17, 15) is 4.79 Å². The van der Waals surface area contributed by atoms with Crippen LogP contribution in [0.15, 0.2) is 30.3 Å². The van der Waals surface area contributed by atoms with Crippen LogP contribution < -0.4 is 11.1 Å². The molecule has 3 N–H and O–H groups in total. The van der Waals surface area contributed by atoms with E-state index in [1.54, 1.807) is 17.8 Å². The first kappa shape index (κ1) is 14.7. The van der Waals surface area contributed by atoms with Gasteiger partial charge in [-0.05, 0) is 24.1 Å². The first-order valence-corrected chi connectivity index (χ1v) is 7.81. The zero-order valence-corrected chi connectivity index (χ0v) is 12.5. The number of nitrogens with two attached hydrogens (primary N) is 1. The Hall–Kier alpha value is -1.75. The standard InChI is InChI=1S/C15H19N3OS/c1-3-20-9-10(2)17-15(19)13-8-11-6-4-5-7-12(11)14(16)18-13/h4-8,10H,3,9H2,1-2H3,(H2,16,18)(H,17,19). The van der Waals surface area contributed by atoms with Crippen molar-refractivity contribution in [2.24, 2.45) is 0 Å². The number of nitrogens with one attached hydrogen (secondary N) is 1. The van der Waals surface area contributed by atoms with Crippen LogP contribution in [-0.4, -0.2) is 28.4 Å². The summed E-state index contributed by atoms with van der Waals surface area (Å²) < 4.78 is 0. The molecule has 1 heterocycles.